The molecular formula is C31H37FO3. The fraction of sp³-hybridized carbons (Fsp3) is 0.387. The Morgan fingerprint density at radius 1 is 0.829 bits per heavy atom. The third-order valence-corrected chi connectivity index (χ3v) is 6.43. The van der Waals surface area contributed by atoms with Crippen molar-refractivity contribution in [1.29, 1.82) is 0 Å². The van der Waals surface area contributed by atoms with Gasteiger partial charge in [0, 0.05) is 0 Å². The zero-order chi connectivity index (χ0) is 25.2. The summed E-state index contributed by atoms with van der Waals surface area (Å²) in [4.78, 5) is 10.6. The second kappa shape index (κ2) is 13.1. The summed E-state index contributed by atoms with van der Waals surface area (Å²) in [5.41, 5.74) is 8.62. The minimum atomic E-state index is -1.13. The van der Waals surface area contributed by atoms with E-state index in [9.17, 15) is 9.18 Å². The van der Waals surface area contributed by atoms with Crippen molar-refractivity contribution in [1.82, 2.24) is 0 Å². The largest absolute Gasteiger partial charge is 0.479 e. The van der Waals surface area contributed by atoms with Gasteiger partial charge in [0.2, 0.25) is 0 Å². The lowest BCUT2D eigenvalue weighted by atomic mass is 9.90. The minimum absolute atomic E-state index is 0.0338. The molecule has 0 spiro atoms. The Bertz CT molecular complexity index is 1110. The first kappa shape index (κ1) is 26.5. The molecule has 0 fully saturated rings. The maximum absolute atomic E-state index is 14.2. The van der Waals surface area contributed by atoms with E-state index >= 15 is 0 Å². The van der Waals surface area contributed by atoms with Crippen molar-refractivity contribution in [3.05, 3.63) is 88.2 Å². The van der Waals surface area contributed by atoms with Gasteiger partial charge < -0.3 is 9.84 Å². The Labute approximate surface area is 209 Å². The molecule has 0 aliphatic heterocycles. The van der Waals surface area contributed by atoms with Crippen LogP contribution in [0.5, 0.6) is 5.75 Å². The van der Waals surface area contributed by atoms with Crippen LogP contribution < -0.4 is 4.74 Å². The average molecular weight is 477 g/mol. The Kier molecular flexibility index (Phi) is 9.89. The van der Waals surface area contributed by atoms with Gasteiger partial charge >= 0.3 is 5.97 Å². The first-order valence-corrected chi connectivity index (χ1v) is 12.7. The van der Waals surface area contributed by atoms with Gasteiger partial charge in [0.15, 0.2) is 18.2 Å². The maximum atomic E-state index is 14.2. The average Bonchev–Trinajstić information content (AvgIpc) is 2.82. The lowest BCUT2D eigenvalue weighted by Crippen LogP contribution is -2.10. The number of unbranched alkanes of at least 4 members (excludes halogenated alkanes) is 4. The standard InChI is InChI=1S/C31H37FO3/c1-4-5-6-7-8-10-26-17-22(2)31(23(3)18-26)27-12-9-11-24(19-27)13-14-25-15-16-29(28(32)20-25)35-21-30(33)34/h9,11-12,15-20H,4-8,10,13-14,21H2,1-3H3,(H,33,34). The molecule has 0 saturated carbocycles. The number of ether oxygens (including phenoxy) is 1. The van der Waals surface area contributed by atoms with Crippen molar-refractivity contribution < 1.29 is 19.0 Å². The SMILES string of the molecule is CCCCCCCc1cc(C)c(-c2cccc(CCc3ccc(OCC(=O)O)c(F)c3)c2)c(C)c1. The van der Waals surface area contributed by atoms with Gasteiger partial charge in [-0.3, -0.25) is 0 Å². The Hall–Kier alpha value is -3.14. The van der Waals surface area contributed by atoms with Crippen LogP contribution >= 0.6 is 0 Å². The van der Waals surface area contributed by atoms with E-state index in [1.807, 2.05) is 0 Å². The molecule has 3 aromatic carbocycles. The molecule has 0 unspecified atom stereocenters. The van der Waals surface area contributed by atoms with Crippen LogP contribution in [-0.4, -0.2) is 17.7 Å². The molecule has 4 heteroatoms. The van der Waals surface area contributed by atoms with Crippen molar-refractivity contribution >= 4 is 5.97 Å². The molecule has 3 aromatic rings. The van der Waals surface area contributed by atoms with Crippen molar-refractivity contribution in [3.63, 3.8) is 0 Å². The summed E-state index contributed by atoms with van der Waals surface area (Å²) in [5.74, 6) is -1.70. The number of benzene rings is 3. The summed E-state index contributed by atoms with van der Waals surface area (Å²) in [6.07, 6.45) is 9.11. The molecule has 0 aliphatic rings. The third kappa shape index (κ3) is 7.95. The van der Waals surface area contributed by atoms with Gasteiger partial charge in [0.1, 0.15) is 0 Å². The molecule has 0 atom stereocenters. The predicted octanol–water partition coefficient (Wildman–Crippen LogP) is 7.87. The van der Waals surface area contributed by atoms with Gasteiger partial charge in [-0.1, -0.05) is 75.1 Å². The van der Waals surface area contributed by atoms with Crippen LogP contribution in [0.25, 0.3) is 11.1 Å². The van der Waals surface area contributed by atoms with Gasteiger partial charge in [0.05, 0.1) is 0 Å². The summed E-state index contributed by atoms with van der Waals surface area (Å²) >= 11 is 0. The highest BCUT2D eigenvalue weighted by Gasteiger charge is 2.10. The first-order valence-electron chi connectivity index (χ1n) is 12.7. The molecule has 1 N–H and O–H groups in total. The molecule has 186 valence electrons. The number of aryl methyl sites for hydroxylation is 5. The van der Waals surface area contributed by atoms with Crippen LogP contribution in [0.1, 0.15) is 66.8 Å². The first-order chi connectivity index (χ1) is 16.9. The third-order valence-electron chi connectivity index (χ3n) is 6.43. The van der Waals surface area contributed by atoms with Crippen molar-refractivity contribution in [2.24, 2.45) is 0 Å². The normalized spacial score (nSPS) is 11.0. The van der Waals surface area contributed by atoms with Crippen LogP contribution in [-0.2, 0) is 24.1 Å². The number of hydrogen-bond acceptors (Lipinski definition) is 2. The lowest BCUT2D eigenvalue weighted by molar-refractivity contribution is -0.139. The highest BCUT2D eigenvalue weighted by molar-refractivity contribution is 5.72. The van der Waals surface area contributed by atoms with Crippen molar-refractivity contribution in [2.45, 2.75) is 72.1 Å². The van der Waals surface area contributed by atoms with Gasteiger partial charge in [-0.25, -0.2) is 9.18 Å². The van der Waals surface area contributed by atoms with Crippen LogP contribution in [0.3, 0.4) is 0 Å². The highest BCUT2D eigenvalue weighted by Crippen LogP contribution is 2.30. The monoisotopic (exact) mass is 476 g/mol. The predicted molar refractivity (Wildman–Crippen MR) is 141 cm³/mol. The molecule has 0 bridgehead atoms. The summed E-state index contributed by atoms with van der Waals surface area (Å²) in [7, 11) is 0. The number of aliphatic carboxylic acids is 1. The maximum Gasteiger partial charge on any atom is 0.341 e. The molecule has 0 radical (unpaired) electrons. The zero-order valence-corrected chi connectivity index (χ0v) is 21.2. The van der Waals surface area contributed by atoms with Gasteiger partial charge in [-0.15, -0.1) is 0 Å². The molecule has 0 saturated heterocycles. The number of halogens is 1. The van der Waals surface area contributed by atoms with E-state index in [2.05, 4.69) is 57.2 Å². The number of hydrogen-bond donors (Lipinski definition) is 1. The summed E-state index contributed by atoms with van der Waals surface area (Å²) in [5, 5.41) is 8.70. The second-order valence-electron chi connectivity index (χ2n) is 9.42. The number of carbonyl (C=O) groups is 1. The van der Waals surface area contributed by atoms with E-state index < -0.39 is 18.4 Å². The van der Waals surface area contributed by atoms with Crippen LogP contribution in [0.15, 0.2) is 54.6 Å². The number of carboxylic acid groups (broad SMARTS) is 1. The summed E-state index contributed by atoms with van der Waals surface area (Å²) in [6, 6.07) is 18.0. The minimum Gasteiger partial charge on any atom is -0.479 e. The van der Waals surface area contributed by atoms with E-state index in [-0.39, 0.29) is 5.75 Å². The number of rotatable bonds is 13. The van der Waals surface area contributed by atoms with Gasteiger partial charge in [0.25, 0.3) is 0 Å². The van der Waals surface area contributed by atoms with Gasteiger partial charge in [-0.2, -0.15) is 0 Å². The Morgan fingerprint density at radius 3 is 2.17 bits per heavy atom. The smallest absolute Gasteiger partial charge is 0.341 e. The van der Waals surface area contributed by atoms with E-state index in [0.29, 0.717) is 6.42 Å². The molecule has 0 aromatic heterocycles. The van der Waals surface area contributed by atoms with Crippen molar-refractivity contribution in [3.8, 4) is 16.9 Å². The summed E-state index contributed by atoms with van der Waals surface area (Å²) < 4.78 is 19.2. The molecule has 0 heterocycles. The Balaban J connectivity index is 1.65. The highest BCUT2D eigenvalue weighted by atomic mass is 19.1. The fourth-order valence-corrected chi connectivity index (χ4v) is 4.71. The van der Waals surface area contributed by atoms with Crippen LogP contribution in [0, 0.1) is 19.7 Å². The summed E-state index contributed by atoms with van der Waals surface area (Å²) in [6.45, 7) is 6.10. The molecule has 3 nitrogen and oxygen atoms in total. The van der Waals surface area contributed by atoms with E-state index in [1.54, 1.807) is 6.07 Å². The molecule has 0 aliphatic carbocycles. The molecule has 35 heavy (non-hydrogen) atoms. The fourth-order valence-electron chi connectivity index (χ4n) is 4.71. The molecule has 0 amide bonds. The van der Waals surface area contributed by atoms with Crippen LogP contribution in [0.4, 0.5) is 4.39 Å². The van der Waals surface area contributed by atoms with Gasteiger partial charge in [-0.05, 0) is 90.6 Å². The second-order valence-corrected chi connectivity index (χ2v) is 9.42. The zero-order valence-electron chi connectivity index (χ0n) is 21.2. The van der Waals surface area contributed by atoms with E-state index in [0.717, 1.165) is 18.4 Å². The Morgan fingerprint density at radius 2 is 1.51 bits per heavy atom. The topological polar surface area (TPSA) is 46.5 Å². The van der Waals surface area contributed by atoms with E-state index in [4.69, 9.17) is 9.84 Å². The quantitative estimate of drug-likeness (QED) is 0.255. The van der Waals surface area contributed by atoms with E-state index in [1.165, 1.54) is 77.6 Å². The molecular weight excluding hydrogens is 439 g/mol. The number of carboxylic acids is 1. The van der Waals surface area contributed by atoms with Crippen LogP contribution in [0.2, 0.25) is 0 Å². The molecule has 3 rings (SSSR count). The van der Waals surface area contributed by atoms with Crippen molar-refractivity contribution in [2.75, 3.05) is 6.61 Å². The lowest BCUT2D eigenvalue weighted by Gasteiger charge is -2.14.